The zero-order valence-corrected chi connectivity index (χ0v) is 13.9. The van der Waals surface area contributed by atoms with Crippen molar-refractivity contribution in [3.8, 4) is 0 Å². The van der Waals surface area contributed by atoms with E-state index in [-0.39, 0.29) is 25.3 Å². The van der Waals surface area contributed by atoms with Crippen molar-refractivity contribution in [1.82, 2.24) is 4.90 Å². The number of carboxylic acids is 1. The quantitative estimate of drug-likeness (QED) is 0.193. The van der Waals surface area contributed by atoms with Crippen LogP contribution in [0.5, 0.6) is 0 Å². The predicted molar refractivity (Wildman–Crippen MR) is 89.7 cm³/mol. The zero-order valence-electron chi connectivity index (χ0n) is 13.9. The molecular formula is C14H29BN4O5. The fourth-order valence-electron chi connectivity index (χ4n) is 3.11. The molecule has 0 bridgehead atoms. The molecule has 0 spiro atoms. The molecule has 0 aromatic rings. The lowest BCUT2D eigenvalue weighted by molar-refractivity contribution is -0.144. The number of carboxylic acid groups (broad SMARTS) is 1. The zero-order chi connectivity index (χ0) is 18.3. The van der Waals surface area contributed by atoms with Crippen LogP contribution in [0.25, 0.3) is 0 Å². The van der Waals surface area contributed by atoms with Gasteiger partial charge in [-0.2, -0.15) is 0 Å². The second kappa shape index (κ2) is 9.33. The lowest BCUT2D eigenvalue weighted by Gasteiger charge is -2.25. The Hall–Kier alpha value is -1.20. The third-order valence-electron chi connectivity index (χ3n) is 4.63. The molecule has 0 unspecified atom stereocenters. The molecule has 0 saturated carbocycles. The van der Waals surface area contributed by atoms with Crippen molar-refractivity contribution in [1.29, 1.82) is 0 Å². The average molecular weight is 344 g/mol. The summed E-state index contributed by atoms with van der Waals surface area (Å²) in [6.07, 6.45) is 2.97. The maximum absolute atomic E-state index is 12.4. The molecular weight excluding hydrogens is 315 g/mol. The van der Waals surface area contributed by atoms with Gasteiger partial charge in [0.2, 0.25) is 5.91 Å². The van der Waals surface area contributed by atoms with Crippen LogP contribution in [0.3, 0.4) is 0 Å². The number of likely N-dealkylation sites (tertiary alicyclic amines) is 1. The summed E-state index contributed by atoms with van der Waals surface area (Å²) in [4.78, 5) is 25.4. The minimum absolute atomic E-state index is 0.0852. The average Bonchev–Trinajstić information content (AvgIpc) is 2.85. The van der Waals surface area contributed by atoms with E-state index in [0.717, 1.165) is 12.8 Å². The lowest BCUT2D eigenvalue weighted by Crippen LogP contribution is -2.55. The van der Waals surface area contributed by atoms with Crippen molar-refractivity contribution >= 4 is 19.0 Å². The molecule has 0 radical (unpaired) electrons. The van der Waals surface area contributed by atoms with Crippen molar-refractivity contribution in [2.24, 2.45) is 23.1 Å². The van der Waals surface area contributed by atoms with Gasteiger partial charge in [0.05, 0.1) is 6.04 Å². The molecule has 1 rings (SSSR count). The Morgan fingerprint density at radius 2 is 1.96 bits per heavy atom. The highest BCUT2D eigenvalue weighted by Gasteiger charge is 2.50. The SMILES string of the molecule is NCCCC[C@H](N)C(=O)N1C[C@H](CCCB(O)O)[C@](N)(C(=O)O)C1. The molecule has 1 amide bonds. The first-order chi connectivity index (χ1) is 11.2. The first-order valence-electron chi connectivity index (χ1n) is 8.35. The van der Waals surface area contributed by atoms with Crippen LogP contribution in [-0.2, 0) is 9.59 Å². The van der Waals surface area contributed by atoms with E-state index in [4.69, 9.17) is 27.2 Å². The largest absolute Gasteiger partial charge is 0.480 e. The molecule has 0 aromatic heterocycles. The Morgan fingerprint density at radius 1 is 1.29 bits per heavy atom. The molecule has 1 heterocycles. The third kappa shape index (κ3) is 5.42. The number of nitrogens with zero attached hydrogens (tertiary/aromatic N) is 1. The monoisotopic (exact) mass is 344 g/mol. The van der Waals surface area contributed by atoms with E-state index in [9.17, 15) is 14.7 Å². The summed E-state index contributed by atoms with van der Waals surface area (Å²) in [7, 11) is -1.43. The summed E-state index contributed by atoms with van der Waals surface area (Å²) in [6.45, 7) is 0.667. The van der Waals surface area contributed by atoms with Gasteiger partial charge in [-0.3, -0.25) is 9.59 Å². The van der Waals surface area contributed by atoms with E-state index in [1.807, 2.05) is 0 Å². The van der Waals surface area contributed by atoms with E-state index in [0.29, 0.717) is 25.8 Å². The number of hydrogen-bond donors (Lipinski definition) is 6. The Kier molecular flexibility index (Phi) is 8.11. The predicted octanol–water partition coefficient (Wildman–Crippen LogP) is -2.06. The number of aliphatic carboxylic acids is 1. The van der Waals surface area contributed by atoms with Crippen LogP contribution in [0.4, 0.5) is 0 Å². The number of unbranched alkanes of at least 4 members (excludes halogenated alkanes) is 1. The van der Waals surface area contributed by atoms with E-state index >= 15 is 0 Å². The maximum Gasteiger partial charge on any atom is 0.451 e. The molecule has 138 valence electrons. The summed E-state index contributed by atoms with van der Waals surface area (Å²) in [6, 6.07) is -0.687. The Bertz CT molecular complexity index is 439. The molecule has 1 aliphatic rings. The van der Waals surface area contributed by atoms with E-state index < -0.39 is 30.6 Å². The van der Waals surface area contributed by atoms with Gasteiger partial charge in [-0.05, 0) is 32.1 Å². The van der Waals surface area contributed by atoms with Crippen molar-refractivity contribution < 1.29 is 24.7 Å². The molecule has 1 fully saturated rings. The topological polar surface area (TPSA) is 176 Å². The summed E-state index contributed by atoms with van der Waals surface area (Å²) < 4.78 is 0. The van der Waals surface area contributed by atoms with Crippen LogP contribution in [0.15, 0.2) is 0 Å². The van der Waals surface area contributed by atoms with Gasteiger partial charge in [0.25, 0.3) is 0 Å². The fourth-order valence-corrected chi connectivity index (χ4v) is 3.11. The number of hydrogen-bond acceptors (Lipinski definition) is 7. The van der Waals surface area contributed by atoms with E-state index in [1.165, 1.54) is 4.90 Å². The molecule has 9 N–H and O–H groups in total. The molecule has 24 heavy (non-hydrogen) atoms. The van der Waals surface area contributed by atoms with Crippen LogP contribution in [0.2, 0.25) is 6.32 Å². The Labute approximate surface area is 142 Å². The normalized spacial score (nSPS) is 24.9. The number of nitrogens with two attached hydrogens (primary N) is 3. The first-order valence-corrected chi connectivity index (χ1v) is 8.35. The summed E-state index contributed by atoms with van der Waals surface area (Å²) in [5, 5.41) is 27.3. The minimum Gasteiger partial charge on any atom is -0.480 e. The molecule has 0 aromatic carbocycles. The van der Waals surface area contributed by atoms with Crippen molar-refractivity contribution in [2.75, 3.05) is 19.6 Å². The Balaban J connectivity index is 2.67. The molecule has 1 aliphatic heterocycles. The third-order valence-corrected chi connectivity index (χ3v) is 4.63. The number of carbonyl (C=O) groups is 2. The van der Waals surface area contributed by atoms with Gasteiger partial charge in [-0.15, -0.1) is 0 Å². The fraction of sp³-hybridized carbons (Fsp3) is 0.857. The summed E-state index contributed by atoms with van der Waals surface area (Å²) >= 11 is 0. The lowest BCUT2D eigenvalue weighted by atomic mass is 9.78. The second-order valence-corrected chi connectivity index (χ2v) is 6.56. The number of rotatable bonds is 10. The number of carbonyl (C=O) groups excluding carboxylic acids is 1. The van der Waals surface area contributed by atoms with Gasteiger partial charge in [0.1, 0.15) is 5.54 Å². The Morgan fingerprint density at radius 3 is 2.50 bits per heavy atom. The first kappa shape index (κ1) is 20.8. The smallest absolute Gasteiger partial charge is 0.451 e. The van der Waals surface area contributed by atoms with Gasteiger partial charge < -0.3 is 37.3 Å². The molecule has 1 saturated heterocycles. The molecule has 3 atom stereocenters. The highest BCUT2D eigenvalue weighted by molar-refractivity contribution is 6.40. The maximum atomic E-state index is 12.4. The van der Waals surface area contributed by atoms with Crippen molar-refractivity contribution in [3.63, 3.8) is 0 Å². The van der Waals surface area contributed by atoms with Crippen molar-refractivity contribution in [3.05, 3.63) is 0 Å². The van der Waals surface area contributed by atoms with Crippen LogP contribution in [-0.4, -0.2) is 70.3 Å². The van der Waals surface area contributed by atoms with Crippen LogP contribution in [0.1, 0.15) is 32.1 Å². The summed E-state index contributed by atoms with van der Waals surface area (Å²) in [5.74, 6) is -1.91. The summed E-state index contributed by atoms with van der Waals surface area (Å²) in [5.41, 5.74) is 15.8. The van der Waals surface area contributed by atoms with Crippen molar-refractivity contribution in [2.45, 2.75) is 50.0 Å². The van der Waals surface area contributed by atoms with Gasteiger partial charge in [0.15, 0.2) is 0 Å². The molecule has 0 aliphatic carbocycles. The molecule has 10 heteroatoms. The highest BCUT2D eigenvalue weighted by atomic mass is 16.4. The second-order valence-electron chi connectivity index (χ2n) is 6.56. The van der Waals surface area contributed by atoms with E-state index in [1.54, 1.807) is 0 Å². The van der Waals surface area contributed by atoms with Gasteiger partial charge in [-0.1, -0.05) is 12.8 Å². The van der Waals surface area contributed by atoms with Crippen LogP contribution < -0.4 is 17.2 Å². The highest BCUT2D eigenvalue weighted by Crippen LogP contribution is 2.31. The standard InChI is InChI=1S/C14H29BN4O5/c16-7-2-1-5-11(17)12(20)19-8-10(4-3-6-15(23)24)14(18,9-19)13(21)22/h10-11,23-24H,1-9,16-18H2,(H,21,22)/t10-,11-,14-/m0/s1. The van der Waals surface area contributed by atoms with Crippen LogP contribution >= 0.6 is 0 Å². The molecule has 9 nitrogen and oxygen atoms in total. The minimum atomic E-state index is -1.53. The van der Waals surface area contributed by atoms with Crippen LogP contribution in [0, 0.1) is 5.92 Å². The van der Waals surface area contributed by atoms with Gasteiger partial charge >= 0.3 is 13.1 Å². The van der Waals surface area contributed by atoms with Gasteiger partial charge in [0, 0.05) is 19.0 Å². The van der Waals surface area contributed by atoms with E-state index in [2.05, 4.69) is 0 Å². The van der Waals surface area contributed by atoms with Gasteiger partial charge in [-0.25, -0.2) is 0 Å². The number of amides is 1.